The average molecular weight is 341 g/mol. The fourth-order valence-electron chi connectivity index (χ4n) is 3.53. The maximum Gasteiger partial charge on any atom is 0.169 e. The molecule has 0 aliphatic carbocycles. The first-order valence-corrected chi connectivity index (χ1v) is 10.0. The van der Waals surface area contributed by atoms with Gasteiger partial charge in [-0.25, -0.2) is 4.57 Å². The van der Waals surface area contributed by atoms with Crippen molar-refractivity contribution < 1.29 is 9.67 Å². The number of hydrogen-bond acceptors (Lipinski definition) is 1. The number of benzene rings is 1. The Balaban J connectivity index is 2.05. The summed E-state index contributed by atoms with van der Waals surface area (Å²) in [5.74, 6) is 0.381. The smallest absolute Gasteiger partial charge is 0.169 e. The quantitative estimate of drug-likeness (QED) is 0.427. The third kappa shape index (κ3) is 5.59. The average Bonchev–Trinajstić information content (AvgIpc) is 2.64. The number of rotatable bonds is 10. The van der Waals surface area contributed by atoms with Gasteiger partial charge in [0, 0.05) is 18.6 Å². The van der Waals surface area contributed by atoms with Crippen LogP contribution in [0, 0.1) is 0 Å². The van der Waals surface area contributed by atoms with E-state index in [9.17, 15) is 5.11 Å². The zero-order valence-electron chi connectivity index (χ0n) is 16.2. The summed E-state index contributed by atoms with van der Waals surface area (Å²) in [6, 6.07) is 8.27. The predicted octanol–water partition coefficient (Wildman–Crippen LogP) is 5.83. The van der Waals surface area contributed by atoms with Crippen molar-refractivity contribution in [3.63, 3.8) is 0 Å². The Morgan fingerprint density at radius 2 is 1.36 bits per heavy atom. The Morgan fingerprint density at radius 3 is 1.92 bits per heavy atom. The standard InChI is InChI=1S/C23H33NO/c1-4-7-8-9-10-11-14-24-15-12-21(13-16-24)23-19(5-2)17-22(25)18-20(23)6-3/h12-13,15-18H,4-11,14H2,1-3H3/p+1. The number of aryl methyl sites for hydroxylation is 3. The molecule has 1 aromatic carbocycles. The third-order valence-electron chi connectivity index (χ3n) is 5.00. The summed E-state index contributed by atoms with van der Waals surface area (Å²) in [6.45, 7) is 7.67. The molecule has 0 unspecified atom stereocenters. The SMILES string of the molecule is CCCCCCCC[n+]1ccc(-c2c(CC)cc(O)cc2CC)cc1. The molecule has 0 saturated carbocycles. The first-order chi connectivity index (χ1) is 12.2. The summed E-state index contributed by atoms with van der Waals surface area (Å²) in [6.07, 6.45) is 14.3. The first kappa shape index (κ1) is 19.5. The van der Waals surface area contributed by atoms with E-state index in [0.29, 0.717) is 5.75 Å². The number of aromatic hydroxyl groups is 1. The van der Waals surface area contributed by atoms with Crippen LogP contribution in [0.25, 0.3) is 11.1 Å². The van der Waals surface area contributed by atoms with Gasteiger partial charge in [0.15, 0.2) is 12.4 Å². The number of phenolic OH excluding ortho intramolecular Hbond substituents is 1. The van der Waals surface area contributed by atoms with Crippen LogP contribution in [0.5, 0.6) is 5.75 Å². The van der Waals surface area contributed by atoms with Gasteiger partial charge in [-0.2, -0.15) is 0 Å². The summed E-state index contributed by atoms with van der Waals surface area (Å²) in [7, 11) is 0. The highest BCUT2D eigenvalue weighted by atomic mass is 16.3. The lowest BCUT2D eigenvalue weighted by Gasteiger charge is -2.14. The van der Waals surface area contributed by atoms with Crippen LogP contribution in [-0.2, 0) is 19.4 Å². The largest absolute Gasteiger partial charge is 0.508 e. The summed E-state index contributed by atoms with van der Waals surface area (Å²) in [5.41, 5.74) is 5.01. The Hall–Kier alpha value is -1.83. The third-order valence-corrected chi connectivity index (χ3v) is 5.00. The van der Waals surface area contributed by atoms with Gasteiger partial charge in [-0.3, -0.25) is 0 Å². The highest BCUT2D eigenvalue weighted by Crippen LogP contribution is 2.31. The molecular formula is C23H34NO+. The molecule has 0 aliphatic heterocycles. The molecule has 0 fully saturated rings. The van der Waals surface area contributed by atoms with Crippen molar-refractivity contribution in [3.05, 3.63) is 47.8 Å². The van der Waals surface area contributed by atoms with Crippen molar-refractivity contribution in [1.29, 1.82) is 0 Å². The molecule has 0 saturated heterocycles. The lowest BCUT2D eigenvalue weighted by Crippen LogP contribution is -2.32. The van der Waals surface area contributed by atoms with E-state index in [1.54, 1.807) is 0 Å². The second kappa shape index (κ2) is 10.2. The van der Waals surface area contributed by atoms with Gasteiger partial charge in [-0.15, -0.1) is 0 Å². The van der Waals surface area contributed by atoms with Crippen LogP contribution in [0.1, 0.15) is 70.4 Å². The number of pyridine rings is 1. The predicted molar refractivity (Wildman–Crippen MR) is 106 cm³/mol. The minimum atomic E-state index is 0.381. The Bertz CT molecular complexity index is 621. The Kier molecular flexibility index (Phi) is 7.97. The Morgan fingerprint density at radius 1 is 0.800 bits per heavy atom. The molecule has 2 aromatic rings. The van der Waals surface area contributed by atoms with Crippen LogP contribution < -0.4 is 4.57 Å². The number of unbranched alkanes of at least 4 members (excludes halogenated alkanes) is 5. The first-order valence-electron chi connectivity index (χ1n) is 10.0. The fourth-order valence-corrected chi connectivity index (χ4v) is 3.53. The van der Waals surface area contributed by atoms with Crippen molar-refractivity contribution in [2.75, 3.05) is 0 Å². The molecule has 136 valence electrons. The summed E-state index contributed by atoms with van der Waals surface area (Å²) in [5, 5.41) is 9.94. The summed E-state index contributed by atoms with van der Waals surface area (Å²) >= 11 is 0. The highest BCUT2D eigenvalue weighted by molar-refractivity contribution is 5.71. The molecule has 0 bridgehead atoms. The van der Waals surface area contributed by atoms with E-state index in [4.69, 9.17) is 0 Å². The lowest BCUT2D eigenvalue weighted by atomic mass is 9.92. The molecule has 25 heavy (non-hydrogen) atoms. The lowest BCUT2D eigenvalue weighted by molar-refractivity contribution is -0.697. The summed E-state index contributed by atoms with van der Waals surface area (Å²) in [4.78, 5) is 0. The van der Waals surface area contributed by atoms with Gasteiger partial charge in [0.05, 0.1) is 0 Å². The molecule has 1 N–H and O–H groups in total. The molecule has 2 rings (SSSR count). The second-order valence-corrected chi connectivity index (χ2v) is 6.94. The molecule has 0 amide bonds. The normalized spacial score (nSPS) is 11.0. The highest BCUT2D eigenvalue weighted by Gasteiger charge is 2.12. The van der Waals surface area contributed by atoms with E-state index in [-0.39, 0.29) is 0 Å². The fraction of sp³-hybridized carbons (Fsp3) is 0.522. The van der Waals surface area contributed by atoms with E-state index >= 15 is 0 Å². The van der Waals surface area contributed by atoms with Crippen molar-refractivity contribution in [3.8, 4) is 16.9 Å². The van der Waals surface area contributed by atoms with Crippen LogP contribution >= 0.6 is 0 Å². The second-order valence-electron chi connectivity index (χ2n) is 6.94. The molecule has 2 nitrogen and oxygen atoms in total. The van der Waals surface area contributed by atoms with Gasteiger partial charge in [0.1, 0.15) is 12.3 Å². The van der Waals surface area contributed by atoms with Crippen LogP contribution in [0.15, 0.2) is 36.7 Å². The van der Waals surface area contributed by atoms with Gasteiger partial charge in [0.2, 0.25) is 0 Å². The van der Waals surface area contributed by atoms with Crippen molar-refractivity contribution in [2.45, 2.75) is 78.7 Å². The minimum Gasteiger partial charge on any atom is -0.508 e. The molecule has 1 aromatic heterocycles. The van der Waals surface area contributed by atoms with E-state index < -0.39 is 0 Å². The van der Waals surface area contributed by atoms with Crippen LogP contribution in [0.4, 0.5) is 0 Å². The van der Waals surface area contributed by atoms with E-state index in [1.165, 1.54) is 60.8 Å². The van der Waals surface area contributed by atoms with E-state index in [0.717, 1.165) is 19.4 Å². The van der Waals surface area contributed by atoms with Crippen LogP contribution in [0.3, 0.4) is 0 Å². The monoisotopic (exact) mass is 340 g/mol. The van der Waals surface area contributed by atoms with E-state index in [1.807, 2.05) is 12.1 Å². The molecule has 2 heteroatoms. The van der Waals surface area contributed by atoms with Crippen molar-refractivity contribution in [1.82, 2.24) is 0 Å². The number of phenols is 1. The van der Waals surface area contributed by atoms with Gasteiger partial charge < -0.3 is 5.11 Å². The molecule has 0 radical (unpaired) electrons. The zero-order valence-corrected chi connectivity index (χ0v) is 16.2. The number of nitrogens with zero attached hydrogens (tertiary/aromatic N) is 1. The van der Waals surface area contributed by atoms with Crippen molar-refractivity contribution in [2.24, 2.45) is 0 Å². The molecule has 1 heterocycles. The molecular weight excluding hydrogens is 306 g/mol. The van der Waals surface area contributed by atoms with Crippen molar-refractivity contribution >= 4 is 0 Å². The van der Waals surface area contributed by atoms with E-state index in [2.05, 4.69) is 49.9 Å². The van der Waals surface area contributed by atoms with Gasteiger partial charge in [-0.1, -0.05) is 46.5 Å². The van der Waals surface area contributed by atoms with Crippen LogP contribution in [-0.4, -0.2) is 5.11 Å². The van der Waals surface area contributed by atoms with Crippen LogP contribution in [0.2, 0.25) is 0 Å². The summed E-state index contributed by atoms with van der Waals surface area (Å²) < 4.78 is 2.29. The van der Waals surface area contributed by atoms with Gasteiger partial charge in [0.25, 0.3) is 0 Å². The maximum absolute atomic E-state index is 9.94. The molecule has 0 atom stereocenters. The number of aromatic nitrogens is 1. The molecule has 0 aliphatic rings. The minimum absolute atomic E-state index is 0.381. The zero-order chi connectivity index (χ0) is 18.1. The topological polar surface area (TPSA) is 24.1 Å². The molecule has 0 spiro atoms. The maximum atomic E-state index is 9.94. The number of hydrogen-bond donors (Lipinski definition) is 1. The van der Waals surface area contributed by atoms with Gasteiger partial charge >= 0.3 is 0 Å². The van der Waals surface area contributed by atoms with Gasteiger partial charge in [-0.05, 0) is 53.6 Å². The Labute approximate surface area is 153 Å².